The van der Waals surface area contributed by atoms with Crippen molar-refractivity contribution in [3.05, 3.63) is 41.7 Å². The largest absolute Gasteiger partial charge is 0.398 e. The summed E-state index contributed by atoms with van der Waals surface area (Å²) in [5, 5.41) is 7.47. The zero-order valence-corrected chi connectivity index (χ0v) is 9.57. The Morgan fingerprint density at radius 1 is 1.44 bits per heavy atom. The Bertz CT molecular complexity index is 488. The van der Waals surface area contributed by atoms with E-state index in [1.165, 1.54) is 0 Å². The average Bonchev–Trinajstić information content (AvgIpc) is 2.67. The lowest BCUT2D eigenvalue weighted by atomic mass is 10.1. The van der Waals surface area contributed by atoms with Crippen molar-refractivity contribution in [1.29, 1.82) is 0 Å². The second-order valence-corrected chi connectivity index (χ2v) is 3.90. The molecule has 2 aromatic rings. The van der Waals surface area contributed by atoms with Crippen LogP contribution in [0.4, 0.5) is 11.4 Å². The molecule has 4 heteroatoms. The smallest absolute Gasteiger partial charge is 0.0539 e. The highest BCUT2D eigenvalue weighted by atomic mass is 15.2. The van der Waals surface area contributed by atoms with E-state index < -0.39 is 0 Å². The van der Waals surface area contributed by atoms with E-state index in [0.29, 0.717) is 0 Å². The summed E-state index contributed by atoms with van der Waals surface area (Å²) in [4.78, 5) is 0. The fraction of sp³-hybridized carbons (Fsp3) is 0.250. The standard InChI is InChI=1S/C12H16N4/c1-9-11(13)4-3-5-12(9)14-6-10-7-15-16(2)8-10/h3-5,7-8,14H,6,13H2,1-2H3. The first-order chi connectivity index (χ1) is 7.66. The van der Waals surface area contributed by atoms with Gasteiger partial charge in [0, 0.05) is 36.7 Å². The second-order valence-electron chi connectivity index (χ2n) is 3.90. The van der Waals surface area contributed by atoms with Gasteiger partial charge >= 0.3 is 0 Å². The summed E-state index contributed by atoms with van der Waals surface area (Å²) in [7, 11) is 1.91. The first-order valence-corrected chi connectivity index (χ1v) is 5.23. The molecule has 0 unspecified atom stereocenters. The lowest BCUT2D eigenvalue weighted by Crippen LogP contribution is -2.02. The van der Waals surface area contributed by atoms with E-state index in [0.717, 1.165) is 29.0 Å². The van der Waals surface area contributed by atoms with E-state index in [-0.39, 0.29) is 0 Å². The molecule has 1 aromatic heterocycles. The van der Waals surface area contributed by atoms with Crippen LogP contribution in [0.5, 0.6) is 0 Å². The summed E-state index contributed by atoms with van der Waals surface area (Å²) >= 11 is 0. The summed E-state index contributed by atoms with van der Waals surface area (Å²) in [6.45, 7) is 2.78. The summed E-state index contributed by atoms with van der Waals surface area (Å²) in [5.41, 5.74) is 9.97. The molecule has 0 aliphatic carbocycles. The maximum Gasteiger partial charge on any atom is 0.0539 e. The number of nitrogen functional groups attached to an aromatic ring is 1. The van der Waals surface area contributed by atoms with Crippen molar-refractivity contribution in [3.63, 3.8) is 0 Å². The average molecular weight is 216 g/mol. The normalized spacial score (nSPS) is 10.4. The number of aromatic nitrogens is 2. The molecular formula is C12H16N4. The minimum atomic E-state index is 0.762. The SMILES string of the molecule is Cc1c(N)cccc1NCc1cnn(C)c1. The first-order valence-electron chi connectivity index (χ1n) is 5.23. The third-order valence-electron chi connectivity index (χ3n) is 2.62. The number of benzene rings is 1. The number of rotatable bonds is 3. The van der Waals surface area contributed by atoms with Crippen LogP contribution in [0.15, 0.2) is 30.6 Å². The Balaban J connectivity index is 2.07. The number of hydrogen-bond acceptors (Lipinski definition) is 3. The zero-order valence-electron chi connectivity index (χ0n) is 9.57. The zero-order chi connectivity index (χ0) is 11.5. The number of nitrogens with one attached hydrogen (secondary N) is 1. The van der Waals surface area contributed by atoms with Crippen molar-refractivity contribution in [3.8, 4) is 0 Å². The van der Waals surface area contributed by atoms with Crippen molar-refractivity contribution in [2.75, 3.05) is 11.1 Å². The quantitative estimate of drug-likeness (QED) is 0.771. The molecule has 1 heterocycles. The third kappa shape index (κ3) is 2.16. The number of hydrogen-bond donors (Lipinski definition) is 2. The molecule has 1 aromatic carbocycles. The van der Waals surface area contributed by atoms with Gasteiger partial charge in [-0.25, -0.2) is 0 Å². The molecule has 0 saturated heterocycles. The molecule has 84 valence electrons. The number of nitrogens with zero attached hydrogens (tertiary/aromatic N) is 2. The van der Waals surface area contributed by atoms with Crippen LogP contribution < -0.4 is 11.1 Å². The van der Waals surface area contributed by atoms with Crippen LogP contribution in [0.1, 0.15) is 11.1 Å². The van der Waals surface area contributed by atoms with Gasteiger partial charge in [0.05, 0.1) is 6.20 Å². The van der Waals surface area contributed by atoms with Crippen molar-refractivity contribution in [2.45, 2.75) is 13.5 Å². The van der Waals surface area contributed by atoms with Crippen LogP contribution >= 0.6 is 0 Å². The third-order valence-corrected chi connectivity index (χ3v) is 2.62. The molecule has 0 bridgehead atoms. The van der Waals surface area contributed by atoms with Gasteiger partial charge in [-0.3, -0.25) is 4.68 Å². The maximum atomic E-state index is 5.84. The van der Waals surface area contributed by atoms with Crippen molar-refractivity contribution < 1.29 is 0 Å². The van der Waals surface area contributed by atoms with E-state index in [2.05, 4.69) is 10.4 Å². The van der Waals surface area contributed by atoms with Gasteiger partial charge < -0.3 is 11.1 Å². The van der Waals surface area contributed by atoms with Crippen molar-refractivity contribution in [2.24, 2.45) is 7.05 Å². The predicted octanol–water partition coefficient (Wildman–Crippen LogP) is 1.92. The molecule has 0 spiro atoms. The summed E-state index contributed by atoms with van der Waals surface area (Å²) in [6.07, 6.45) is 3.85. The number of anilines is 2. The van der Waals surface area contributed by atoms with Crippen LogP contribution in [-0.2, 0) is 13.6 Å². The molecule has 4 nitrogen and oxygen atoms in total. The molecular weight excluding hydrogens is 200 g/mol. The molecule has 0 fully saturated rings. The van der Waals surface area contributed by atoms with E-state index in [9.17, 15) is 0 Å². The van der Waals surface area contributed by atoms with Gasteiger partial charge in [0.15, 0.2) is 0 Å². The van der Waals surface area contributed by atoms with Crippen LogP contribution in [0.2, 0.25) is 0 Å². The Morgan fingerprint density at radius 3 is 2.94 bits per heavy atom. The molecule has 0 atom stereocenters. The molecule has 0 radical (unpaired) electrons. The van der Waals surface area contributed by atoms with Gasteiger partial charge in [-0.05, 0) is 24.6 Å². The molecule has 2 rings (SSSR count). The lowest BCUT2D eigenvalue weighted by molar-refractivity contribution is 0.767. The van der Waals surface area contributed by atoms with Crippen LogP contribution in [-0.4, -0.2) is 9.78 Å². The van der Waals surface area contributed by atoms with Crippen LogP contribution in [0, 0.1) is 6.92 Å². The van der Waals surface area contributed by atoms with E-state index >= 15 is 0 Å². The Labute approximate surface area is 95.1 Å². The van der Waals surface area contributed by atoms with Crippen molar-refractivity contribution >= 4 is 11.4 Å². The predicted molar refractivity (Wildman–Crippen MR) is 66.1 cm³/mol. The highest BCUT2D eigenvalue weighted by molar-refractivity contribution is 5.62. The Hall–Kier alpha value is -1.97. The van der Waals surface area contributed by atoms with Crippen LogP contribution in [0.3, 0.4) is 0 Å². The van der Waals surface area contributed by atoms with Gasteiger partial charge in [0.25, 0.3) is 0 Å². The highest BCUT2D eigenvalue weighted by Gasteiger charge is 2.01. The monoisotopic (exact) mass is 216 g/mol. The van der Waals surface area contributed by atoms with E-state index in [1.54, 1.807) is 4.68 Å². The molecule has 3 N–H and O–H groups in total. The van der Waals surface area contributed by atoms with Crippen molar-refractivity contribution in [1.82, 2.24) is 9.78 Å². The molecule has 0 aliphatic rings. The fourth-order valence-electron chi connectivity index (χ4n) is 1.61. The fourth-order valence-corrected chi connectivity index (χ4v) is 1.61. The molecule has 0 saturated carbocycles. The molecule has 0 aliphatic heterocycles. The summed E-state index contributed by atoms with van der Waals surface area (Å²) < 4.78 is 1.79. The Morgan fingerprint density at radius 2 is 2.25 bits per heavy atom. The van der Waals surface area contributed by atoms with Gasteiger partial charge in [0.1, 0.15) is 0 Å². The van der Waals surface area contributed by atoms with Gasteiger partial charge in [-0.1, -0.05) is 6.07 Å². The number of aryl methyl sites for hydroxylation is 1. The summed E-state index contributed by atoms with van der Waals surface area (Å²) in [6, 6.07) is 5.89. The van der Waals surface area contributed by atoms with E-state index in [4.69, 9.17) is 5.73 Å². The van der Waals surface area contributed by atoms with E-state index in [1.807, 2.05) is 44.6 Å². The minimum Gasteiger partial charge on any atom is -0.398 e. The molecule has 0 amide bonds. The van der Waals surface area contributed by atoms with Gasteiger partial charge in [0.2, 0.25) is 0 Å². The van der Waals surface area contributed by atoms with Gasteiger partial charge in [-0.2, -0.15) is 5.10 Å². The number of nitrogens with two attached hydrogens (primary N) is 1. The first kappa shape index (κ1) is 10.5. The summed E-state index contributed by atoms with van der Waals surface area (Å²) in [5.74, 6) is 0. The van der Waals surface area contributed by atoms with Gasteiger partial charge in [-0.15, -0.1) is 0 Å². The van der Waals surface area contributed by atoms with Crippen LogP contribution in [0.25, 0.3) is 0 Å². The minimum absolute atomic E-state index is 0.762. The second kappa shape index (κ2) is 4.26. The maximum absolute atomic E-state index is 5.84. The Kier molecular flexibility index (Phi) is 2.81. The highest BCUT2D eigenvalue weighted by Crippen LogP contribution is 2.20. The topological polar surface area (TPSA) is 55.9 Å². The lowest BCUT2D eigenvalue weighted by Gasteiger charge is -2.09. The molecule has 16 heavy (non-hydrogen) atoms.